The number of ether oxygens (including phenoxy) is 1. The topological polar surface area (TPSA) is 53.1 Å². The van der Waals surface area contributed by atoms with Crippen molar-refractivity contribution in [3.63, 3.8) is 0 Å². The van der Waals surface area contributed by atoms with Crippen molar-refractivity contribution in [1.29, 1.82) is 0 Å². The van der Waals surface area contributed by atoms with Crippen molar-refractivity contribution in [3.05, 3.63) is 11.2 Å². The molecule has 0 aromatic carbocycles. The number of hydrogen-bond donors (Lipinski definition) is 1. The van der Waals surface area contributed by atoms with Crippen LogP contribution in [0.25, 0.3) is 0 Å². The molecular formula is C7H12ClN3O. The molecule has 0 amide bonds. The summed E-state index contributed by atoms with van der Waals surface area (Å²) in [5.74, 6) is 0.344. The summed E-state index contributed by atoms with van der Waals surface area (Å²) in [5.41, 5.74) is 5.43. The number of nitrogens with zero attached hydrogens (tertiary/aromatic N) is 2. The molecule has 2 N–H and O–H groups in total. The van der Waals surface area contributed by atoms with E-state index in [1.165, 1.54) is 0 Å². The fraction of sp³-hybridized carbons (Fsp3) is 0.571. The normalized spacial score (nSPS) is 10.5. The highest BCUT2D eigenvalue weighted by Crippen LogP contribution is 2.14. The molecule has 4 nitrogen and oxygen atoms in total. The Hall–Kier alpha value is -0.740. The number of anilines is 1. The maximum Gasteiger partial charge on any atom is 0.164 e. The summed E-state index contributed by atoms with van der Waals surface area (Å²) < 4.78 is 6.80. The lowest BCUT2D eigenvalue weighted by Gasteiger charge is -2.00. The minimum absolute atomic E-state index is 0.344. The molecule has 1 rings (SSSR count). The minimum atomic E-state index is 0.344. The van der Waals surface area contributed by atoms with Crippen LogP contribution in [-0.4, -0.2) is 16.4 Å². The Balaban J connectivity index is 2.42. The first-order valence-corrected chi connectivity index (χ1v) is 4.18. The van der Waals surface area contributed by atoms with Gasteiger partial charge >= 0.3 is 0 Å². The molecule has 0 unspecified atom stereocenters. The van der Waals surface area contributed by atoms with Crippen molar-refractivity contribution in [1.82, 2.24) is 9.78 Å². The number of nitrogens with two attached hydrogens (primary N) is 1. The van der Waals surface area contributed by atoms with Crippen molar-refractivity contribution in [2.24, 2.45) is 0 Å². The first kappa shape index (κ1) is 9.35. The van der Waals surface area contributed by atoms with Crippen molar-refractivity contribution >= 4 is 17.4 Å². The van der Waals surface area contributed by atoms with Gasteiger partial charge in [0.15, 0.2) is 5.82 Å². The van der Waals surface area contributed by atoms with E-state index in [1.54, 1.807) is 10.9 Å². The Morgan fingerprint density at radius 3 is 3.00 bits per heavy atom. The molecule has 0 radical (unpaired) electrons. The molecule has 0 fully saturated rings. The predicted octanol–water partition coefficient (Wildman–Crippen LogP) is 1.50. The molecule has 1 heterocycles. The van der Waals surface area contributed by atoms with Crippen LogP contribution in [0.3, 0.4) is 0 Å². The number of hydrogen-bond acceptors (Lipinski definition) is 3. The van der Waals surface area contributed by atoms with Gasteiger partial charge in [-0.2, -0.15) is 5.10 Å². The Bertz CT molecular complexity index is 229. The quantitative estimate of drug-likeness (QED) is 0.731. The molecule has 0 aliphatic rings. The van der Waals surface area contributed by atoms with Gasteiger partial charge in [-0.05, 0) is 6.42 Å². The molecule has 0 spiro atoms. The van der Waals surface area contributed by atoms with Gasteiger partial charge in [-0.3, -0.25) is 0 Å². The van der Waals surface area contributed by atoms with Crippen molar-refractivity contribution in [2.45, 2.75) is 20.1 Å². The second-order valence-electron chi connectivity index (χ2n) is 2.44. The lowest BCUT2D eigenvalue weighted by molar-refractivity contribution is 0.0695. The summed E-state index contributed by atoms with van der Waals surface area (Å²) in [7, 11) is 0. The molecule has 0 saturated heterocycles. The largest absolute Gasteiger partial charge is 0.381 e. The Kier molecular flexibility index (Phi) is 3.37. The van der Waals surface area contributed by atoms with E-state index in [9.17, 15) is 0 Å². The summed E-state index contributed by atoms with van der Waals surface area (Å²) in [6, 6.07) is 0. The molecule has 68 valence electrons. The fourth-order valence-corrected chi connectivity index (χ4v) is 0.931. The molecule has 0 atom stereocenters. The van der Waals surface area contributed by atoms with Crippen LogP contribution < -0.4 is 5.73 Å². The van der Waals surface area contributed by atoms with E-state index in [0.717, 1.165) is 13.0 Å². The summed E-state index contributed by atoms with van der Waals surface area (Å²) in [6.07, 6.45) is 2.64. The SMILES string of the molecule is CCCOCn1cc(Cl)c(N)n1. The van der Waals surface area contributed by atoms with E-state index in [2.05, 4.69) is 5.10 Å². The first-order valence-electron chi connectivity index (χ1n) is 3.80. The van der Waals surface area contributed by atoms with Crippen LogP contribution in [0.4, 0.5) is 5.82 Å². The number of halogens is 1. The first-order chi connectivity index (χ1) is 5.74. The van der Waals surface area contributed by atoms with Crippen LogP contribution in [0.15, 0.2) is 6.20 Å². The van der Waals surface area contributed by atoms with Gasteiger partial charge in [0.2, 0.25) is 0 Å². The Labute approximate surface area is 76.3 Å². The van der Waals surface area contributed by atoms with Crippen molar-refractivity contribution < 1.29 is 4.74 Å². The molecule has 5 heteroatoms. The average molecular weight is 190 g/mol. The summed E-state index contributed by atoms with van der Waals surface area (Å²) >= 11 is 5.68. The Morgan fingerprint density at radius 1 is 1.75 bits per heavy atom. The summed E-state index contributed by atoms with van der Waals surface area (Å²) in [4.78, 5) is 0. The molecule has 0 aliphatic heterocycles. The molecular weight excluding hydrogens is 178 g/mol. The monoisotopic (exact) mass is 189 g/mol. The third kappa shape index (κ3) is 2.39. The smallest absolute Gasteiger partial charge is 0.164 e. The average Bonchev–Trinajstić information content (AvgIpc) is 2.32. The van der Waals surface area contributed by atoms with Gasteiger partial charge in [0.1, 0.15) is 11.8 Å². The fourth-order valence-electron chi connectivity index (χ4n) is 0.781. The summed E-state index contributed by atoms with van der Waals surface area (Å²) in [6.45, 7) is 3.17. The van der Waals surface area contributed by atoms with Gasteiger partial charge in [-0.1, -0.05) is 18.5 Å². The van der Waals surface area contributed by atoms with Crippen LogP contribution >= 0.6 is 11.6 Å². The second-order valence-corrected chi connectivity index (χ2v) is 2.85. The van der Waals surface area contributed by atoms with Crippen molar-refractivity contribution in [2.75, 3.05) is 12.3 Å². The molecule has 12 heavy (non-hydrogen) atoms. The van der Waals surface area contributed by atoms with Crippen molar-refractivity contribution in [3.8, 4) is 0 Å². The minimum Gasteiger partial charge on any atom is -0.381 e. The van der Waals surface area contributed by atoms with E-state index in [4.69, 9.17) is 22.1 Å². The zero-order valence-corrected chi connectivity index (χ0v) is 7.71. The van der Waals surface area contributed by atoms with Gasteiger partial charge < -0.3 is 10.5 Å². The zero-order chi connectivity index (χ0) is 8.97. The standard InChI is InChI=1S/C7H12ClN3O/c1-2-3-12-5-11-4-6(8)7(9)10-11/h4H,2-3,5H2,1H3,(H2,9,10). The predicted molar refractivity (Wildman–Crippen MR) is 47.9 cm³/mol. The van der Waals surface area contributed by atoms with Gasteiger partial charge in [0.25, 0.3) is 0 Å². The zero-order valence-electron chi connectivity index (χ0n) is 6.96. The molecule has 0 bridgehead atoms. The number of rotatable bonds is 4. The van der Waals surface area contributed by atoms with Gasteiger partial charge in [-0.15, -0.1) is 0 Å². The van der Waals surface area contributed by atoms with E-state index in [-0.39, 0.29) is 0 Å². The highest BCUT2D eigenvalue weighted by atomic mass is 35.5. The summed E-state index contributed by atoms with van der Waals surface area (Å²) in [5, 5.41) is 4.39. The van der Waals surface area contributed by atoms with E-state index in [0.29, 0.717) is 17.6 Å². The third-order valence-corrected chi connectivity index (χ3v) is 1.61. The van der Waals surface area contributed by atoms with Gasteiger partial charge in [0.05, 0.1) is 0 Å². The van der Waals surface area contributed by atoms with E-state index in [1.807, 2.05) is 6.92 Å². The van der Waals surface area contributed by atoms with E-state index >= 15 is 0 Å². The highest BCUT2D eigenvalue weighted by molar-refractivity contribution is 6.32. The molecule has 0 saturated carbocycles. The van der Waals surface area contributed by atoms with Crippen LogP contribution in [0.5, 0.6) is 0 Å². The van der Waals surface area contributed by atoms with Crippen LogP contribution in [-0.2, 0) is 11.5 Å². The Morgan fingerprint density at radius 2 is 2.50 bits per heavy atom. The number of aromatic nitrogens is 2. The third-order valence-electron chi connectivity index (χ3n) is 1.32. The molecule has 1 aromatic heterocycles. The van der Waals surface area contributed by atoms with Gasteiger partial charge in [-0.25, -0.2) is 4.68 Å². The maximum absolute atomic E-state index is 5.68. The van der Waals surface area contributed by atoms with Crippen LogP contribution in [0.1, 0.15) is 13.3 Å². The lowest BCUT2D eigenvalue weighted by Crippen LogP contribution is -2.04. The molecule has 1 aromatic rings. The molecule has 0 aliphatic carbocycles. The number of nitrogen functional groups attached to an aromatic ring is 1. The lowest BCUT2D eigenvalue weighted by atomic mass is 10.5. The second kappa shape index (κ2) is 4.33. The van der Waals surface area contributed by atoms with Crippen LogP contribution in [0, 0.1) is 0 Å². The van der Waals surface area contributed by atoms with Gasteiger partial charge in [0, 0.05) is 12.8 Å². The van der Waals surface area contributed by atoms with E-state index < -0.39 is 0 Å². The highest BCUT2D eigenvalue weighted by Gasteiger charge is 2.01. The maximum atomic E-state index is 5.68. The van der Waals surface area contributed by atoms with Crippen LogP contribution in [0.2, 0.25) is 5.02 Å².